The van der Waals surface area contributed by atoms with Crippen LogP contribution >= 0.6 is 11.3 Å². The van der Waals surface area contributed by atoms with Gasteiger partial charge in [-0.25, -0.2) is 13.4 Å². The first-order chi connectivity index (χ1) is 13.4. The Hall–Kier alpha value is -2.75. The SMILES string of the molecule is CN(CC(O)c1ccccc1)C(=O)c1ccc(S(=O)(=O)Nc2nccs2)cc1. The number of benzene rings is 2. The van der Waals surface area contributed by atoms with Crippen molar-refractivity contribution in [3.8, 4) is 0 Å². The minimum Gasteiger partial charge on any atom is -0.387 e. The molecule has 1 heterocycles. The lowest BCUT2D eigenvalue weighted by Gasteiger charge is -2.21. The van der Waals surface area contributed by atoms with E-state index in [1.807, 2.05) is 18.2 Å². The summed E-state index contributed by atoms with van der Waals surface area (Å²) in [5.74, 6) is -0.313. The quantitative estimate of drug-likeness (QED) is 0.616. The molecule has 9 heteroatoms. The minimum atomic E-state index is -3.77. The molecule has 0 aliphatic carbocycles. The molecule has 1 atom stereocenters. The van der Waals surface area contributed by atoms with Crippen LogP contribution in [0.1, 0.15) is 22.0 Å². The summed E-state index contributed by atoms with van der Waals surface area (Å²) in [6, 6.07) is 14.7. The molecular weight excluding hydrogens is 398 g/mol. The Morgan fingerprint density at radius 1 is 1.18 bits per heavy atom. The normalized spacial score (nSPS) is 12.4. The Balaban J connectivity index is 1.67. The number of nitrogens with zero attached hydrogens (tertiary/aromatic N) is 2. The highest BCUT2D eigenvalue weighted by Crippen LogP contribution is 2.19. The molecule has 1 unspecified atom stereocenters. The topological polar surface area (TPSA) is 99.6 Å². The molecule has 3 rings (SSSR count). The number of nitrogens with one attached hydrogen (secondary N) is 1. The van der Waals surface area contributed by atoms with Gasteiger partial charge in [0.25, 0.3) is 15.9 Å². The maximum Gasteiger partial charge on any atom is 0.263 e. The average molecular weight is 418 g/mol. The third-order valence-corrected chi connectivity index (χ3v) is 6.22. The van der Waals surface area contributed by atoms with Crippen LogP contribution in [0.15, 0.2) is 71.1 Å². The van der Waals surface area contributed by atoms with Gasteiger partial charge in [-0.3, -0.25) is 9.52 Å². The summed E-state index contributed by atoms with van der Waals surface area (Å²) in [5, 5.41) is 12.2. The summed E-state index contributed by atoms with van der Waals surface area (Å²) in [6.45, 7) is 0.120. The zero-order valence-electron chi connectivity index (χ0n) is 15.0. The third kappa shape index (κ3) is 4.75. The van der Waals surface area contributed by atoms with Crippen molar-refractivity contribution in [2.45, 2.75) is 11.0 Å². The summed E-state index contributed by atoms with van der Waals surface area (Å²) < 4.78 is 27.1. The number of sulfonamides is 1. The lowest BCUT2D eigenvalue weighted by atomic mass is 10.1. The van der Waals surface area contributed by atoms with Crippen molar-refractivity contribution in [1.82, 2.24) is 9.88 Å². The molecule has 0 spiro atoms. The molecule has 1 amide bonds. The van der Waals surface area contributed by atoms with Gasteiger partial charge < -0.3 is 10.0 Å². The molecular formula is C19H19N3O4S2. The van der Waals surface area contributed by atoms with E-state index in [1.54, 1.807) is 24.6 Å². The standard InChI is InChI=1S/C19H19N3O4S2/c1-22(13-17(23)14-5-3-2-4-6-14)18(24)15-7-9-16(10-8-15)28(25,26)21-19-20-11-12-27-19/h2-12,17,23H,13H2,1H3,(H,20,21). The van der Waals surface area contributed by atoms with Gasteiger partial charge in [-0.1, -0.05) is 30.3 Å². The molecule has 1 aromatic heterocycles. The van der Waals surface area contributed by atoms with Gasteiger partial charge in [0.2, 0.25) is 0 Å². The summed E-state index contributed by atoms with van der Waals surface area (Å²) in [5.41, 5.74) is 1.05. The van der Waals surface area contributed by atoms with Crippen molar-refractivity contribution < 1.29 is 18.3 Å². The molecule has 3 aromatic rings. The van der Waals surface area contributed by atoms with Gasteiger partial charge in [0.1, 0.15) is 0 Å². The van der Waals surface area contributed by atoms with E-state index in [9.17, 15) is 18.3 Å². The maximum atomic E-state index is 12.6. The van der Waals surface area contributed by atoms with Gasteiger partial charge in [0, 0.05) is 24.2 Å². The lowest BCUT2D eigenvalue weighted by molar-refractivity contribution is 0.0681. The Morgan fingerprint density at radius 3 is 2.46 bits per heavy atom. The molecule has 0 saturated carbocycles. The van der Waals surface area contributed by atoms with Gasteiger partial charge in [-0.15, -0.1) is 11.3 Å². The molecule has 146 valence electrons. The molecule has 0 aliphatic heterocycles. The lowest BCUT2D eigenvalue weighted by Crippen LogP contribution is -2.31. The number of carbonyl (C=O) groups excluding carboxylic acids is 1. The van der Waals surface area contributed by atoms with E-state index < -0.39 is 16.1 Å². The molecule has 0 radical (unpaired) electrons. The monoisotopic (exact) mass is 417 g/mol. The number of hydrogen-bond donors (Lipinski definition) is 2. The predicted molar refractivity (Wildman–Crippen MR) is 108 cm³/mol. The predicted octanol–water partition coefficient (Wildman–Crippen LogP) is 2.75. The number of aliphatic hydroxyl groups excluding tert-OH is 1. The number of likely N-dealkylation sites (N-methyl/N-ethyl adjacent to an activating group) is 1. The Morgan fingerprint density at radius 2 is 1.86 bits per heavy atom. The number of rotatable bonds is 7. The van der Waals surface area contributed by atoms with Gasteiger partial charge >= 0.3 is 0 Å². The fourth-order valence-electron chi connectivity index (χ4n) is 2.57. The number of amides is 1. The van der Waals surface area contributed by atoms with Crippen LogP contribution in [-0.4, -0.2) is 42.9 Å². The summed E-state index contributed by atoms with van der Waals surface area (Å²) in [7, 11) is -2.18. The minimum absolute atomic E-state index is 0.0335. The van der Waals surface area contributed by atoms with E-state index in [0.717, 1.165) is 5.56 Å². The van der Waals surface area contributed by atoms with Crippen LogP contribution in [0.4, 0.5) is 5.13 Å². The largest absolute Gasteiger partial charge is 0.387 e. The van der Waals surface area contributed by atoms with Crippen molar-refractivity contribution in [2.75, 3.05) is 18.3 Å². The van der Waals surface area contributed by atoms with Gasteiger partial charge in [-0.2, -0.15) is 0 Å². The Kier molecular flexibility index (Phi) is 6.08. The van der Waals surface area contributed by atoms with Crippen molar-refractivity contribution >= 4 is 32.4 Å². The fourth-order valence-corrected chi connectivity index (χ4v) is 4.36. The number of anilines is 1. The molecule has 28 heavy (non-hydrogen) atoms. The molecule has 0 bridgehead atoms. The van der Waals surface area contributed by atoms with Crippen molar-refractivity contribution in [2.24, 2.45) is 0 Å². The van der Waals surface area contributed by atoms with E-state index in [4.69, 9.17) is 0 Å². The molecule has 0 saturated heterocycles. The van der Waals surface area contributed by atoms with Crippen LogP contribution < -0.4 is 4.72 Å². The van der Waals surface area contributed by atoms with Crippen molar-refractivity contribution in [3.05, 3.63) is 77.3 Å². The second kappa shape index (κ2) is 8.51. The molecule has 0 fully saturated rings. The number of aromatic nitrogens is 1. The van der Waals surface area contributed by atoms with Crippen molar-refractivity contribution in [1.29, 1.82) is 0 Å². The van der Waals surface area contributed by atoms with Crippen LogP contribution in [0.5, 0.6) is 0 Å². The van der Waals surface area contributed by atoms with E-state index in [0.29, 0.717) is 5.56 Å². The maximum absolute atomic E-state index is 12.6. The zero-order valence-corrected chi connectivity index (χ0v) is 16.7. The van der Waals surface area contributed by atoms with Crippen LogP contribution in [-0.2, 0) is 10.0 Å². The first kappa shape index (κ1) is 20.0. The van der Waals surface area contributed by atoms with E-state index >= 15 is 0 Å². The smallest absolute Gasteiger partial charge is 0.263 e. The number of carbonyl (C=O) groups is 1. The van der Waals surface area contributed by atoms with E-state index in [1.165, 1.54) is 46.7 Å². The van der Waals surface area contributed by atoms with E-state index in [-0.39, 0.29) is 22.5 Å². The fraction of sp³-hybridized carbons (Fsp3) is 0.158. The highest BCUT2D eigenvalue weighted by Gasteiger charge is 2.19. The number of thiazole rings is 1. The second-order valence-corrected chi connectivity index (χ2v) is 8.66. The Labute approximate surface area is 167 Å². The summed E-state index contributed by atoms with van der Waals surface area (Å²) in [4.78, 5) is 17.9. The van der Waals surface area contributed by atoms with E-state index in [2.05, 4.69) is 9.71 Å². The highest BCUT2D eigenvalue weighted by atomic mass is 32.2. The average Bonchev–Trinajstić information content (AvgIpc) is 3.20. The third-order valence-electron chi connectivity index (χ3n) is 4.04. The summed E-state index contributed by atoms with van der Waals surface area (Å²) in [6.07, 6.45) is 0.696. The number of hydrogen-bond acceptors (Lipinski definition) is 6. The highest BCUT2D eigenvalue weighted by molar-refractivity contribution is 7.93. The molecule has 0 aliphatic rings. The van der Waals surface area contributed by atoms with Crippen LogP contribution in [0.25, 0.3) is 0 Å². The molecule has 2 N–H and O–H groups in total. The molecule has 7 nitrogen and oxygen atoms in total. The first-order valence-corrected chi connectivity index (χ1v) is 10.7. The van der Waals surface area contributed by atoms with Crippen LogP contribution in [0.3, 0.4) is 0 Å². The van der Waals surface area contributed by atoms with Crippen LogP contribution in [0.2, 0.25) is 0 Å². The zero-order chi connectivity index (χ0) is 20.1. The van der Waals surface area contributed by atoms with Gasteiger partial charge in [-0.05, 0) is 29.8 Å². The van der Waals surface area contributed by atoms with Crippen molar-refractivity contribution in [3.63, 3.8) is 0 Å². The number of aliphatic hydroxyl groups is 1. The van der Waals surface area contributed by atoms with Gasteiger partial charge in [0.15, 0.2) is 5.13 Å². The Bertz CT molecular complexity index is 1020. The second-order valence-electron chi connectivity index (χ2n) is 6.08. The molecule has 2 aromatic carbocycles. The van der Waals surface area contributed by atoms with Gasteiger partial charge in [0.05, 0.1) is 17.5 Å². The van der Waals surface area contributed by atoms with Crippen LogP contribution in [0, 0.1) is 0 Å². The summed E-state index contributed by atoms with van der Waals surface area (Å²) >= 11 is 1.17. The first-order valence-electron chi connectivity index (χ1n) is 8.37.